The van der Waals surface area contributed by atoms with Crippen LogP contribution in [0.4, 0.5) is 0 Å². The first-order chi connectivity index (χ1) is 9.11. The average Bonchev–Trinajstić information content (AvgIpc) is 2.40. The highest BCUT2D eigenvalue weighted by Gasteiger charge is 2.32. The lowest BCUT2D eigenvalue weighted by molar-refractivity contribution is -0.00886. The van der Waals surface area contributed by atoms with Crippen molar-refractivity contribution < 1.29 is 5.11 Å². The number of nitrogens with zero attached hydrogens (tertiary/aromatic N) is 1. The highest BCUT2D eigenvalue weighted by atomic mass is 79.9. The molecule has 1 aliphatic carbocycles. The van der Waals surface area contributed by atoms with E-state index in [-0.39, 0.29) is 0 Å². The second kappa shape index (κ2) is 6.82. The van der Waals surface area contributed by atoms with Crippen molar-refractivity contribution in [3.63, 3.8) is 0 Å². The summed E-state index contributed by atoms with van der Waals surface area (Å²) in [5, 5.41) is 13.9. The fourth-order valence-corrected chi connectivity index (χ4v) is 3.15. The summed E-state index contributed by atoms with van der Waals surface area (Å²) in [7, 11) is 0. The van der Waals surface area contributed by atoms with Gasteiger partial charge in [-0.2, -0.15) is 0 Å². The quantitative estimate of drug-likeness (QED) is 0.816. The van der Waals surface area contributed by atoms with Crippen LogP contribution in [0.25, 0.3) is 0 Å². The Balaban J connectivity index is 1.76. The van der Waals surface area contributed by atoms with Gasteiger partial charge in [-0.25, -0.2) is 4.98 Å². The number of pyridine rings is 1. The third-order valence-corrected chi connectivity index (χ3v) is 4.59. The molecule has 4 heteroatoms. The minimum absolute atomic E-state index is 0.516. The van der Waals surface area contributed by atoms with Crippen molar-refractivity contribution in [3.8, 4) is 0 Å². The molecule has 0 amide bonds. The largest absolute Gasteiger partial charge is 0.389 e. The van der Waals surface area contributed by atoms with Crippen molar-refractivity contribution >= 4 is 15.9 Å². The van der Waals surface area contributed by atoms with E-state index in [4.69, 9.17) is 0 Å². The highest BCUT2D eigenvalue weighted by molar-refractivity contribution is 9.10. The molecule has 0 aromatic carbocycles. The molecule has 106 valence electrons. The maximum Gasteiger partial charge on any atom is 0.106 e. The second-order valence-electron chi connectivity index (χ2n) is 5.63. The summed E-state index contributed by atoms with van der Waals surface area (Å²) in [5.41, 5.74) is 0.484. The molecule has 1 aromatic rings. The molecule has 0 saturated heterocycles. The Hall–Kier alpha value is -0.450. The van der Waals surface area contributed by atoms with Gasteiger partial charge in [-0.1, -0.05) is 19.4 Å². The molecule has 0 unspecified atom stereocenters. The van der Waals surface area contributed by atoms with Gasteiger partial charge in [0.25, 0.3) is 0 Å². The van der Waals surface area contributed by atoms with E-state index in [0.717, 1.165) is 41.9 Å². The lowest BCUT2D eigenvalue weighted by atomic mass is 9.78. The van der Waals surface area contributed by atoms with Gasteiger partial charge in [0.2, 0.25) is 0 Å². The zero-order valence-electron chi connectivity index (χ0n) is 11.5. The Labute approximate surface area is 124 Å². The summed E-state index contributed by atoms with van der Waals surface area (Å²) in [6, 6.07) is 5.90. The zero-order chi connectivity index (χ0) is 13.7. The van der Waals surface area contributed by atoms with E-state index in [2.05, 4.69) is 33.2 Å². The summed E-state index contributed by atoms with van der Waals surface area (Å²) >= 11 is 3.37. The van der Waals surface area contributed by atoms with Gasteiger partial charge < -0.3 is 10.4 Å². The SMILES string of the molecule is CCC1CCC(O)(CNCc2cccc(Br)n2)CC1. The fraction of sp³-hybridized carbons (Fsp3) is 0.667. The van der Waals surface area contributed by atoms with E-state index in [0.29, 0.717) is 13.1 Å². The number of rotatable bonds is 5. The van der Waals surface area contributed by atoms with Crippen molar-refractivity contribution in [1.82, 2.24) is 10.3 Å². The van der Waals surface area contributed by atoms with Crippen LogP contribution in [0.3, 0.4) is 0 Å². The van der Waals surface area contributed by atoms with E-state index in [9.17, 15) is 5.11 Å². The van der Waals surface area contributed by atoms with Gasteiger partial charge in [0.1, 0.15) is 4.60 Å². The molecule has 1 aromatic heterocycles. The molecule has 1 heterocycles. The van der Waals surface area contributed by atoms with E-state index < -0.39 is 5.60 Å². The van der Waals surface area contributed by atoms with Gasteiger partial charge in [0, 0.05) is 13.1 Å². The smallest absolute Gasteiger partial charge is 0.106 e. The molecule has 0 spiro atoms. The van der Waals surface area contributed by atoms with E-state index in [1.165, 1.54) is 6.42 Å². The Morgan fingerprint density at radius 3 is 2.79 bits per heavy atom. The number of aromatic nitrogens is 1. The average molecular weight is 327 g/mol. The van der Waals surface area contributed by atoms with Gasteiger partial charge in [-0.05, 0) is 59.7 Å². The van der Waals surface area contributed by atoms with Crippen LogP contribution in [0.5, 0.6) is 0 Å². The first kappa shape index (κ1) is 14.9. The number of halogens is 1. The van der Waals surface area contributed by atoms with Crippen molar-refractivity contribution in [2.45, 2.75) is 51.2 Å². The Bertz CT molecular complexity index is 403. The minimum atomic E-state index is -0.516. The third-order valence-electron chi connectivity index (χ3n) is 4.15. The van der Waals surface area contributed by atoms with Gasteiger partial charge in [0.15, 0.2) is 0 Å². The van der Waals surface area contributed by atoms with Crippen molar-refractivity contribution in [3.05, 3.63) is 28.5 Å². The van der Waals surface area contributed by atoms with E-state index in [1.807, 2.05) is 18.2 Å². The second-order valence-corrected chi connectivity index (χ2v) is 6.44. The van der Waals surface area contributed by atoms with Crippen LogP contribution >= 0.6 is 15.9 Å². The third kappa shape index (κ3) is 4.55. The predicted molar refractivity (Wildman–Crippen MR) is 80.8 cm³/mol. The van der Waals surface area contributed by atoms with E-state index in [1.54, 1.807) is 0 Å². The monoisotopic (exact) mass is 326 g/mol. The maximum atomic E-state index is 10.5. The first-order valence-electron chi connectivity index (χ1n) is 7.16. The van der Waals surface area contributed by atoms with Crippen LogP contribution in [0, 0.1) is 5.92 Å². The Morgan fingerprint density at radius 1 is 1.42 bits per heavy atom. The molecule has 0 bridgehead atoms. The molecule has 2 N–H and O–H groups in total. The predicted octanol–water partition coefficient (Wildman–Crippen LogP) is 3.27. The van der Waals surface area contributed by atoms with Crippen molar-refractivity contribution in [2.75, 3.05) is 6.54 Å². The fourth-order valence-electron chi connectivity index (χ4n) is 2.77. The number of hydrogen-bond acceptors (Lipinski definition) is 3. The lowest BCUT2D eigenvalue weighted by Crippen LogP contribution is -2.43. The normalized spacial score (nSPS) is 27.4. The maximum absolute atomic E-state index is 10.5. The number of nitrogens with one attached hydrogen (secondary N) is 1. The lowest BCUT2D eigenvalue weighted by Gasteiger charge is -2.36. The molecule has 1 saturated carbocycles. The molecule has 1 aliphatic rings. The minimum Gasteiger partial charge on any atom is -0.389 e. The summed E-state index contributed by atoms with van der Waals surface area (Å²) in [6.07, 6.45) is 5.40. The topological polar surface area (TPSA) is 45.1 Å². The summed E-state index contributed by atoms with van der Waals surface area (Å²) in [6.45, 7) is 3.61. The number of aliphatic hydroxyl groups is 1. The number of hydrogen-bond donors (Lipinski definition) is 2. The summed E-state index contributed by atoms with van der Waals surface area (Å²) in [4.78, 5) is 4.38. The molecular weight excluding hydrogens is 304 g/mol. The van der Waals surface area contributed by atoms with E-state index >= 15 is 0 Å². The van der Waals surface area contributed by atoms with Crippen LogP contribution < -0.4 is 5.32 Å². The van der Waals surface area contributed by atoms with Crippen LogP contribution in [-0.2, 0) is 6.54 Å². The molecule has 0 aliphatic heterocycles. The highest BCUT2D eigenvalue weighted by Crippen LogP contribution is 2.33. The summed E-state index contributed by atoms with van der Waals surface area (Å²) in [5.74, 6) is 0.812. The molecule has 3 nitrogen and oxygen atoms in total. The van der Waals surface area contributed by atoms with Crippen LogP contribution in [0.15, 0.2) is 22.8 Å². The van der Waals surface area contributed by atoms with Gasteiger partial charge >= 0.3 is 0 Å². The zero-order valence-corrected chi connectivity index (χ0v) is 13.1. The van der Waals surface area contributed by atoms with Gasteiger partial charge in [-0.3, -0.25) is 0 Å². The van der Waals surface area contributed by atoms with Crippen LogP contribution in [0.2, 0.25) is 0 Å². The molecule has 0 atom stereocenters. The molecule has 19 heavy (non-hydrogen) atoms. The molecule has 1 fully saturated rings. The molecular formula is C15H23BrN2O. The van der Waals surface area contributed by atoms with Gasteiger partial charge in [0.05, 0.1) is 11.3 Å². The standard InChI is InChI=1S/C15H23BrN2O/c1-2-12-6-8-15(19,9-7-12)11-17-10-13-4-3-5-14(16)18-13/h3-5,12,17,19H,2,6-11H2,1H3. The van der Waals surface area contributed by atoms with Crippen molar-refractivity contribution in [2.24, 2.45) is 5.92 Å². The molecule has 0 radical (unpaired) electrons. The van der Waals surface area contributed by atoms with Crippen LogP contribution in [0.1, 0.15) is 44.7 Å². The van der Waals surface area contributed by atoms with Crippen LogP contribution in [-0.4, -0.2) is 22.2 Å². The summed E-state index contributed by atoms with van der Waals surface area (Å²) < 4.78 is 0.856. The van der Waals surface area contributed by atoms with Gasteiger partial charge in [-0.15, -0.1) is 0 Å². The Kier molecular flexibility index (Phi) is 5.37. The molecule has 2 rings (SSSR count). The Morgan fingerprint density at radius 2 is 2.16 bits per heavy atom. The first-order valence-corrected chi connectivity index (χ1v) is 7.95. The van der Waals surface area contributed by atoms with Crippen molar-refractivity contribution in [1.29, 1.82) is 0 Å².